The molecule has 0 aromatic heterocycles. The van der Waals surface area contributed by atoms with Crippen LogP contribution in [0, 0.1) is 5.92 Å². The Hall–Kier alpha value is -3.35. The van der Waals surface area contributed by atoms with Crippen molar-refractivity contribution in [1.82, 2.24) is 10.2 Å². The molecule has 2 aliphatic carbocycles. The lowest BCUT2D eigenvalue weighted by Crippen LogP contribution is -2.50. The smallest absolute Gasteiger partial charge is 0.407 e. The van der Waals surface area contributed by atoms with Gasteiger partial charge < -0.3 is 20.1 Å². The molecule has 0 aliphatic heterocycles. The number of carboxylic acids is 1. The fourth-order valence-corrected chi connectivity index (χ4v) is 5.46. The Morgan fingerprint density at radius 1 is 0.971 bits per heavy atom. The molecular weight excluding hydrogens is 444 g/mol. The Morgan fingerprint density at radius 2 is 1.60 bits per heavy atom. The second kappa shape index (κ2) is 11.4. The third kappa shape index (κ3) is 5.66. The predicted molar refractivity (Wildman–Crippen MR) is 133 cm³/mol. The maximum absolute atomic E-state index is 13.3. The van der Waals surface area contributed by atoms with Crippen LogP contribution in [0.4, 0.5) is 4.79 Å². The third-order valence-corrected chi connectivity index (χ3v) is 7.13. The van der Waals surface area contributed by atoms with E-state index in [4.69, 9.17) is 9.84 Å². The van der Waals surface area contributed by atoms with E-state index in [0.717, 1.165) is 30.4 Å². The highest BCUT2D eigenvalue weighted by molar-refractivity contribution is 5.81. The van der Waals surface area contributed by atoms with Gasteiger partial charge in [0.2, 0.25) is 5.91 Å². The van der Waals surface area contributed by atoms with E-state index in [0.29, 0.717) is 19.4 Å². The number of hydrogen-bond acceptors (Lipinski definition) is 4. The van der Waals surface area contributed by atoms with Crippen LogP contribution in [-0.4, -0.2) is 53.7 Å². The number of ether oxygens (including phenoxy) is 1. The summed E-state index contributed by atoms with van der Waals surface area (Å²) in [7, 11) is 0. The van der Waals surface area contributed by atoms with Crippen LogP contribution in [0.2, 0.25) is 0 Å². The van der Waals surface area contributed by atoms with Crippen molar-refractivity contribution in [3.05, 3.63) is 59.7 Å². The number of carbonyl (C=O) groups is 3. The lowest BCUT2D eigenvalue weighted by Gasteiger charge is -2.35. The van der Waals surface area contributed by atoms with Crippen molar-refractivity contribution in [2.24, 2.45) is 5.92 Å². The van der Waals surface area contributed by atoms with Crippen LogP contribution in [0.15, 0.2) is 48.5 Å². The molecule has 35 heavy (non-hydrogen) atoms. The molecule has 2 atom stereocenters. The second-order valence-corrected chi connectivity index (χ2v) is 9.44. The van der Waals surface area contributed by atoms with Gasteiger partial charge in [0.25, 0.3) is 0 Å². The molecule has 186 valence electrons. The zero-order valence-corrected chi connectivity index (χ0v) is 20.2. The SMILES string of the molecule is CCCN(CCC(=O)O)C(=O)C1CCCCC1NC(=O)OCC1c2ccccc2-c2ccccc21. The number of nitrogens with one attached hydrogen (secondary N) is 1. The van der Waals surface area contributed by atoms with Gasteiger partial charge in [-0.2, -0.15) is 0 Å². The molecule has 1 fully saturated rings. The average Bonchev–Trinajstić information content (AvgIpc) is 3.19. The normalized spacial score (nSPS) is 18.9. The summed E-state index contributed by atoms with van der Waals surface area (Å²) in [4.78, 5) is 38.8. The van der Waals surface area contributed by atoms with Crippen molar-refractivity contribution < 1.29 is 24.2 Å². The number of carbonyl (C=O) groups excluding carboxylic acids is 2. The lowest BCUT2D eigenvalue weighted by molar-refractivity contribution is -0.140. The van der Waals surface area contributed by atoms with Gasteiger partial charge in [-0.05, 0) is 41.5 Å². The van der Waals surface area contributed by atoms with Crippen molar-refractivity contribution in [2.75, 3.05) is 19.7 Å². The van der Waals surface area contributed by atoms with Crippen molar-refractivity contribution in [3.63, 3.8) is 0 Å². The minimum Gasteiger partial charge on any atom is -0.481 e. The van der Waals surface area contributed by atoms with Gasteiger partial charge in [0, 0.05) is 25.0 Å². The molecule has 0 spiro atoms. The Kier molecular flexibility index (Phi) is 8.06. The van der Waals surface area contributed by atoms with E-state index >= 15 is 0 Å². The number of nitrogens with zero attached hydrogens (tertiary/aromatic N) is 1. The lowest BCUT2D eigenvalue weighted by atomic mass is 9.83. The van der Waals surface area contributed by atoms with E-state index in [1.807, 2.05) is 31.2 Å². The summed E-state index contributed by atoms with van der Waals surface area (Å²) in [6, 6.07) is 16.1. The standard InChI is InChI=1S/C28H34N2O5/c1-2-16-30(17-15-26(31)32)27(33)23-13-7-8-14-25(23)29-28(34)35-18-24-21-11-5-3-9-19(21)20-10-4-6-12-22(20)24/h3-6,9-12,23-25H,2,7-8,13-18H2,1H3,(H,29,34)(H,31,32). The summed E-state index contributed by atoms with van der Waals surface area (Å²) < 4.78 is 5.70. The predicted octanol–water partition coefficient (Wildman–Crippen LogP) is 4.80. The van der Waals surface area contributed by atoms with Gasteiger partial charge in [-0.1, -0.05) is 68.3 Å². The van der Waals surface area contributed by atoms with E-state index in [9.17, 15) is 14.4 Å². The summed E-state index contributed by atoms with van der Waals surface area (Å²) in [6.07, 6.45) is 3.40. The number of amides is 2. The number of carboxylic acid groups (broad SMARTS) is 1. The van der Waals surface area contributed by atoms with Gasteiger partial charge in [0.1, 0.15) is 6.61 Å². The molecule has 0 heterocycles. The highest BCUT2D eigenvalue weighted by Crippen LogP contribution is 2.44. The fourth-order valence-electron chi connectivity index (χ4n) is 5.46. The van der Waals surface area contributed by atoms with E-state index in [1.165, 1.54) is 11.1 Å². The molecule has 0 saturated heterocycles. The number of benzene rings is 2. The number of alkyl carbamates (subject to hydrolysis) is 1. The van der Waals surface area contributed by atoms with Gasteiger partial charge in [-0.15, -0.1) is 0 Å². The molecule has 7 nitrogen and oxygen atoms in total. The molecule has 4 rings (SSSR count). The van der Waals surface area contributed by atoms with Crippen LogP contribution in [0.1, 0.15) is 62.5 Å². The summed E-state index contributed by atoms with van der Waals surface area (Å²) in [5.74, 6) is -1.37. The molecule has 7 heteroatoms. The van der Waals surface area contributed by atoms with Crippen LogP contribution in [0.3, 0.4) is 0 Å². The van der Waals surface area contributed by atoms with Gasteiger partial charge in [0.05, 0.1) is 12.3 Å². The number of rotatable bonds is 9. The molecule has 2 amide bonds. The van der Waals surface area contributed by atoms with E-state index in [2.05, 4.69) is 29.6 Å². The van der Waals surface area contributed by atoms with E-state index < -0.39 is 12.1 Å². The van der Waals surface area contributed by atoms with Crippen molar-refractivity contribution in [1.29, 1.82) is 0 Å². The minimum atomic E-state index is -0.921. The van der Waals surface area contributed by atoms with Crippen LogP contribution in [0.5, 0.6) is 0 Å². The van der Waals surface area contributed by atoms with Gasteiger partial charge in [-0.25, -0.2) is 4.79 Å². The van der Waals surface area contributed by atoms with E-state index in [-0.39, 0.29) is 43.4 Å². The first-order valence-electron chi connectivity index (χ1n) is 12.6. The summed E-state index contributed by atoms with van der Waals surface area (Å²) in [6.45, 7) is 2.90. The first-order chi connectivity index (χ1) is 17.0. The number of hydrogen-bond donors (Lipinski definition) is 2. The first-order valence-corrected chi connectivity index (χ1v) is 12.6. The van der Waals surface area contributed by atoms with Gasteiger partial charge >= 0.3 is 12.1 Å². The Balaban J connectivity index is 1.40. The average molecular weight is 479 g/mol. The van der Waals surface area contributed by atoms with Crippen LogP contribution in [0.25, 0.3) is 11.1 Å². The molecule has 0 bridgehead atoms. The molecule has 2 aromatic rings. The van der Waals surface area contributed by atoms with Crippen molar-refractivity contribution in [3.8, 4) is 11.1 Å². The maximum Gasteiger partial charge on any atom is 0.407 e. The second-order valence-electron chi connectivity index (χ2n) is 9.44. The zero-order chi connectivity index (χ0) is 24.8. The third-order valence-electron chi connectivity index (χ3n) is 7.13. The fraction of sp³-hybridized carbons (Fsp3) is 0.464. The molecule has 2 aromatic carbocycles. The summed E-state index contributed by atoms with van der Waals surface area (Å²) >= 11 is 0. The van der Waals surface area contributed by atoms with Crippen LogP contribution in [-0.2, 0) is 14.3 Å². The van der Waals surface area contributed by atoms with Crippen LogP contribution >= 0.6 is 0 Å². The van der Waals surface area contributed by atoms with Gasteiger partial charge in [-0.3, -0.25) is 9.59 Å². The van der Waals surface area contributed by atoms with E-state index in [1.54, 1.807) is 4.90 Å². The largest absolute Gasteiger partial charge is 0.481 e. The maximum atomic E-state index is 13.3. The quantitative estimate of drug-likeness (QED) is 0.540. The highest BCUT2D eigenvalue weighted by atomic mass is 16.5. The van der Waals surface area contributed by atoms with Crippen molar-refractivity contribution in [2.45, 2.75) is 57.4 Å². The molecule has 0 radical (unpaired) electrons. The molecule has 2 N–H and O–H groups in total. The highest BCUT2D eigenvalue weighted by Gasteiger charge is 2.35. The molecular formula is C28H34N2O5. The monoisotopic (exact) mass is 478 g/mol. The minimum absolute atomic E-state index is 0.0204. The topological polar surface area (TPSA) is 95.9 Å². The molecule has 2 unspecified atom stereocenters. The zero-order valence-electron chi connectivity index (χ0n) is 20.2. The molecule has 1 saturated carbocycles. The van der Waals surface area contributed by atoms with Crippen molar-refractivity contribution >= 4 is 18.0 Å². The number of aliphatic carboxylic acids is 1. The Labute approximate surface area is 206 Å². The Bertz CT molecular complexity index is 1020. The Morgan fingerprint density at radius 3 is 2.23 bits per heavy atom. The van der Waals surface area contributed by atoms with Gasteiger partial charge in [0.15, 0.2) is 0 Å². The summed E-state index contributed by atoms with van der Waals surface area (Å²) in [5, 5.41) is 12.0. The van der Waals surface area contributed by atoms with Crippen LogP contribution < -0.4 is 5.32 Å². The summed E-state index contributed by atoms with van der Waals surface area (Å²) in [5.41, 5.74) is 4.65. The first kappa shape index (κ1) is 24.8. The number of fused-ring (bicyclic) bond motifs is 3. The molecule has 2 aliphatic rings.